The number of esters is 1. The minimum atomic E-state index is -0.270. The number of halogens is 1. The molecule has 1 saturated heterocycles. The van der Waals surface area contributed by atoms with Gasteiger partial charge >= 0.3 is 5.97 Å². The summed E-state index contributed by atoms with van der Waals surface area (Å²) < 4.78 is 12.1. The maximum Gasteiger partial charge on any atom is 0.330 e. The largest absolute Gasteiger partial charge is 0.497 e. The number of ether oxygens (including phenoxy) is 2. The smallest absolute Gasteiger partial charge is 0.330 e. The van der Waals surface area contributed by atoms with Gasteiger partial charge in [-0.15, -0.1) is 12.4 Å². The van der Waals surface area contributed by atoms with Crippen LogP contribution in [-0.2, 0) is 9.53 Å². The number of carbonyl (C=O) groups excluding carboxylic acids is 1. The molecule has 6 heteroatoms. The average molecular weight is 455 g/mol. The molecule has 6 fully saturated rings. The molecule has 9 rings (SSSR count). The third-order valence-corrected chi connectivity index (χ3v) is 9.94. The van der Waals surface area contributed by atoms with Crippen LogP contribution in [0.4, 0.5) is 0 Å². The predicted octanol–water partition coefficient (Wildman–Crippen LogP) is 5.10. The first kappa shape index (κ1) is 19.7. The van der Waals surface area contributed by atoms with Crippen LogP contribution in [0.3, 0.4) is 0 Å². The lowest BCUT2D eigenvalue weighted by Crippen LogP contribution is -2.59. The van der Waals surface area contributed by atoms with Crippen LogP contribution in [0.15, 0.2) is 18.2 Å². The second kappa shape index (κ2) is 6.24. The number of nitrogens with one attached hydrogen (secondary N) is 1. The lowest BCUT2D eigenvalue weighted by molar-refractivity contribution is -0.196. The number of hydrogen-bond donors (Lipinski definition) is 1. The van der Waals surface area contributed by atoms with Crippen molar-refractivity contribution in [3.8, 4) is 5.75 Å². The lowest BCUT2D eigenvalue weighted by atomic mass is 9.54. The van der Waals surface area contributed by atoms with Gasteiger partial charge in [-0.2, -0.15) is 0 Å². The van der Waals surface area contributed by atoms with Crippen molar-refractivity contribution in [1.82, 2.24) is 9.88 Å². The molecule has 3 atom stereocenters. The second-order valence-corrected chi connectivity index (χ2v) is 11.6. The third kappa shape index (κ3) is 2.37. The Labute approximate surface area is 194 Å². The average Bonchev–Trinajstić information content (AvgIpc) is 3.39. The molecule has 0 amide bonds. The summed E-state index contributed by atoms with van der Waals surface area (Å²) in [5.41, 5.74) is 3.59. The Morgan fingerprint density at radius 1 is 1.09 bits per heavy atom. The zero-order chi connectivity index (χ0) is 20.5. The topological polar surface area (TPSA) is 54.6 Å². The summed E-state index contributed by atoms with van der Waals surface area (Å²) in [6.45, 7) is 1.01. The zero-order valence-corrected chi connectivity index (χ0v) is 19.4. The SMILES string of the molecule is COc1ccc2[nH]c3c(c2c1)C1CC12CCN2C3C(=O)OC12CC3CC(CC(C3)C1)C2.Cl. The second-order valence-electron chi connectivity index (χ2n) is 11.6. The van der Waals surface area contributed by atoms with Crippen LogP contribution in [0, 0.1) is 17.8 Å². The Balaban J connectivity index is 0.00000180. The maximum atomic E-state index is 13.9. The molecule has 5 nitrogen and oxygen atoms in total. The van der Waals surface area contributed by atoms with Crippen molar-refractivity contribution in [3.05, 3.63) is 29.5 Å². The summed E-state index contributed by atoms with van der Waals surface area (Å²) in [5.74, 6) is 3.78. The van der Waals surface area contributed by atoms with E-state index in [1.54, 1.807) is 7.11 Å². The molecule has 1 aromatic heterocycles. The molecule has 2 aromatic rings. The van der Waals surface area contributed by atoms with Gasteiger partial charge in [-0.1, -0.05) is 0 Å². The normalized spacial score (nSPS) is 42.3. The van der Waals surface area contributed by atoms with E-state index in [0.717, 1.165) is 60.5 Å². The van der Waals surface area contributed by atoms with Crippen LogP contribution in [0.1, 0.15) is 74.6 Å². The summed E-state index contributed by atoms with van der Waals surface area (Å²) in [4.78, 5) is 20.0. The first-order valence-corrected chi connectivity index (χ1v) is 12.3. The molecule has 170 valence electrons. The zero-order valence-electron chi connectivity index (χ0n) is 18.6. The van der Waals surface area contributed by atoms with Gasteiger partial charge in [0, 0.05) is 34.6 Å². The van der Waals surface area contributed by atoms with Crippen molar-refractivity contribution in [1.29, 1.82) is 0 Å². The molecule has 1 spiro atoms. The fraction of sp³-hybridized carbons (Fsp3) is 0.654. The molecule has 1 N–H and O–H groups in total. The highest BCUT2D eigenvalue weighted by Crippen LogP contribution is 2.70. The summed E-state index contributed by atoms with van der Waals surface area (Å²) >= 11 is 0. The van der Waals surface area contributed by atoms with Crippen LogP contribution >= 0.6 is 12.4 Å². The molecule has 3 heterocycles. The standard InChI is InChI=1S/C26H30N2O3.ClH/c1-30-17-2-3-20-18(9-17)21-19-13-26(19)4-5-28(26)23(22(21)27-20)24(29)31-25-10-14-6-15(11-25)8-16(7-14)12-25;/h2-3,9,14-16,19,23,27H,4-8,10-13H2,1H3;1H. The van der Waals surface area contributed by atoms with Crippen LogP contribution in [0.25, 0.3) is 10.9 Å². The molecule has 32 heavy (non-hydrogen) atoms. The van der Waals surface area contributed by atoms with Crippen molar-refractivity contribution >= 4 is 29.3 Å². The number of methoxy groups -OCH3 is 1. The number of carbonyl (C=O) groups is 1. The number of rotatable bonds is 3. The summed E-state index contributed by atoms with van der Waals surface area (Å²) in [5, 5.41) is 1.23. The Bertz CT molecular complexity index is 1110. The third-order valence-electron chi connectivity index (χ3n) is 9.94. The first-order valence-electron chi connectivity index (χ1n) is 12.3. The van der Waals surface area contributed by atoms with Gasteiger partial charge in [0.15, 0.2) is 0 Å². The summed E-state index contributed by atoms with van der Waals surface area (Å²) in [6, 6.07) is 5.98. The Morgan fingerprint density at radius 3 is 2.44 bits per heavy atom. The van der Waals surface area contributed by atoms with E-state index in [9.17, 15) is 4.79 Å². The Kier molecular flexibility index (Phi) is 3.84. The molecule has 5 aliphatic carbocycles. The van der Waals surface area contributed by atoms with Gasteiger partial charge < -0.3 is 14.5 Å². The first-order chi connectivity index (χ1) is 15.1. The van der Waals surface area contributed by atoms with Gasteiger partial charge in [-0.25, -0.2) is 4.79 Å². The lowest BCUT2D eigenvalue weighted by Gasteiger charge is -2.56. The number of H-pyrrole nitrogens is 1. The van der Waals surface area contributed by atoms with Gasteiger partial charge in [-0.05, 0) is 92.9 Å². The number of benzene rings is 1. The fourth-order valence-electron chi connectivity index (χ4n) is 8.93. The van der Waals surface area contributed by atoms with Gasteiger partial charge in [0.1, 0.15) is 17.4 Å². The highest BCUT2D eigenvalue weighted by Gasteiger charge is 2.70. The molecule has 1 aromatic carbocycles. The summed E-state index contributed by atoms with van der Waals surface area (Å²) in [6.07, 6.45) is 9.77. The van der Waals surface area contributed by atoms with Gasteiger partial charge in [0.2, 0.25) is 0 Å². The van der Waals surface area contributed by atoms with Crippen LogP contribution < -0.4 is 4.74 Å². The molecular formula is C26H31ClN2O3. The number of hydrogen-bond acceptors (Lipinski definition) is 4. The van der Waals surface area contributed by atoms with E-state index in [2.05, 4.69) is 22.0 Å². The summed E-state index contributed by atoms with van der Waals surface area (Å²) in [7, 11) is 1.72. The van der Waals surface area contributed by atoms with Gasteiger partial charge in [-0.3, -0.25) is 4.90 Å². The molecule has 7 aliphatic rings. The van der Waals surface area contributed by atoms with Crippen molar-refractivity contribution < 1.29 is 14.3 Å². The predicted molar refractivity (Wildman–Crippen MR) is 123 cm³/mol. The van der Waals surface area contributed by atoms with E-state index in [4.69, 9.17) is 9.47 Å². The minimum Gasteiger partial charge on any atom is -0.497 e. The number of fused-ring (bicyclic) bond motifs is 4. The van der Waals surface area contributed by atoms with E-state index >= 15 is 0 Å². The van der Waals surface area contributed by atoms with Crippen molar-refractivity contribution in [2.75, 3.05) is 13.7 Å². The molecular weight excluding hydrogens is 424 g/mol. The van der Waals surface area contributed by atoms with Crippen molar-refractivity contribution in [2.45, 2.75) is 74.5 Å². The highest BCUT2D eigenvalue weighted by atomic mass is 35.5. The fourth-order valence-corrected chi connectivity index (χ4v) is 8.93. The quantitative estimate of drug-likeness (QED) is 0.656. The minimum absolute atomic E-state index is 0. The van der Waals surface area contributed by atoms with Crippen LogP contribution in [-0.4, -0.2) is 40.6 Å². The van der Waals surface area contributed by atoms with E-state index in [1.165, 1.54) is 43.1 Å². The molecule has 4 bridgehead atoms. The van der Waals surface area contributed by atoms with E-state index < -0.39 is 0 Å². The van der Waals surface area contributed by atoms with Crippen LogP contribution in [0.2, 0.25) is 0 Å². The number of nitrogens with zero attached hydrogens (tertiary/aromatic N) is 1. The van der Waals surface area contributed by atoms with Crippen LogP contribution in [0.5, 0.6) is 5.75 Å². The highest BCUT2D eigenvalue weighted by molar-refractivity contribution is 5.91. The number of aromatic nitrogens is 1. The Hall–Kier alpha value is -1.72. The van der Waals surface area contributed by atoms with E-state index in [-0.39, 0.29) is 35.6 Å². The van der Waals surface area contributed by atoms with Gasteiger partial charge in [0.25, 0.3) is 0 Å². The van der Waals surface area contributed by atoms with E-state index in [1.807, 2.05) is 6.07 Å². The molecule has 0 radical (unpaired) electrons. The van der Waals surface area contributed by atoms with Crippen molar-refractivity contribution in [2.24, 2.45) is 17.8 Å². The van der Waals surface area contributed by atoms with E-state index in [0.29, 0.717) is 5.92 Å². The monoisotopic (exact) mass is 454 g/mol. The molecule has 5 saturated carbocycles. The molecule has 3 unspecified atom stereocenters. The molecule has 2 aliphatic heterocycles. The Morgan fingerprint density at radius 2 is 1.81 bits per heavy atom. The number of aromatic amines is 1. The van der Waals surface area contributed by atoms with Gasteiger partial charge in [0.05, 0.1) is 7.11 Å². The maximum absolute atomic E-state index is 13.9. The van der Waals surface area contributed by atoms with Crippen molar-refractivity contribution in [3.63, 3.8) is 0 Å².